The predicted octanol–water partition coefficient (Wildman–Crippen LogP) is 5.04. The van der Waals surface area contributed by atoms with Crippen molar-refractivity contribution < 1.29 is 51.3 Å². The third-order valence-electron chi connectivity index (χ3n) is 6.54. The summed E-state index contributed by atoms with van der Waals surface area (Å²) in [6, 6.07) is 2.18. The minimum Gasteiger partial charge on any atom is -0.489 e. The number of carbonyl (C=O) groups is 4. The second-order valence-electron chi connectivity index (χ2n) is 10.3. The van der Waals surface area contributed by atoms with Crippen LogP contribution < -0.4 is 24.4 Å². The lowest BCUT2D eigenvalue weighted by Gasteiger charge is -2.18. The van der Waals surface area contributed by atoms with Crippen molar-refractivity contribution in [1.82, 2.24) is 19.7 Å². The van der Waals surface area contributed by atoms with Crippen LogP contribution in [0.2, 0.25) is 5.02 Å². The summed E-state index contributed by atoms with van der Waals surface area (Å²) in [5.41, 5.74) is 0.311. The Bertz CT molecular complexity index is 1910. The number of amides is 4. The first-order chi connectivity index (χ1) is 22.6. The first-order valence-electron chi connectivity index (χ1n) is 13.9. The van der Waals surface area contributed by atoms with Crippen molar-refractivity contribution in [3.63, 3.8) is 0 Å². The van der Waals surface area contributed by atoms with Crippen molar-refractivity contribution in [1.29, 1.82) is 0 Å². The van der Waals surface area contributed by atoms with Gasteiger partial charge in [0.1, 0.15) is 27.2 Å². The summed E-state index contributed by atoms with van der Waals surface area (Å²) in [5, 5.41) is 12.5. The van der Waals surface area contributed by atoms with Crippen molar-refractivity contribution in [3.8, 4) is 11.8 Å². The number of benzene rings is 1. The molecule has 0 unspecified atom stereocenters. The summed E-state index contributed by atoms with van der Waals surface area (Å²) in [7, 11) is -3.06. The fourth-order valence-electron chi connectivity index (χ4n) is 4.42. The van der Waals surface area contributed by atoms with E-state index in [1.807, 2.05) is 0 Å². The maximum absolute atomic E-state index is 14.3. The zero-order valence-electron chi connectivity index (χ0n) is 25.7. The molecule has 1 aliphatic heterocycles. The molecule has 20 heteroatoms. The fourth-order valence-corrected chi connectivity index (χ4v) is 6.79. The Kier molecular flexibility index (Phi) is 11.2. The summed E-state index contributed by atoms with van der Waals surface area (Å²) >= 11 is 6.77. The molecule has 5 rings (SSSR count). The van der Waals surface area contributed by atoms with Crippen molar-refractivity contribution in [2.24, 2.45) is 0 Å². The van der Waals surface area contributed by atoms with Gasteiger partial charge in [-0.05, 0) is 69.5 Å². The number of aromatic nitrogens is 3. The quantitative estimate of drug-likeness (QED) is 0.260. The fraction of sp³-hybridized carbons (Fsp3) is 0.321. The van der Waals surface area contributed by atoms with E-state index in [2.05, 4.69) is 20.3 Å². The number of rotatable bonds is 8. The molecule has 3 aromatic rings. The average molecular weight is 727 g/mol. The monoisotopic (exact) mass is 726 g/mol. The molecule has 2 aromatic heterocycles. The van der Waals surface area contributed by atoms with E-state index in [0.29, 0.717) is 10.5 Å². The third-order valence-corrected chi connectivity index (χ3v) is 9.24. The standard InChI is InChI=1S/C17H17ClFNO4.C11H11N5O6S2/c1-9(2)15-16(21)20(17(22)24-15)13-8-14(11(18)7-12(13)19)23-10-5-3-4-6-10;1-5-12-9(15-11(13-5)22-2)14-10(19)16-24(20,21)6-3-4-23-7(6)8(17)18/h7-8,10H,3-6H2,1-2H3;3-4H,1-2H3,(H,17,18)(H2,12,13,14,15,16,19). The Morgan fingerprint density at radius 1 is 1.17 bits per heavy atom. The number of allylic oxidation sites excluding steroid dienone is 1. The molecule has 0 bridgehead atoms. The highest BCUT2D eigenvalue weighted by molar-refractivity contribution is 7.90. The summed E-state index contributed by atoms with van der Waals surface area (Å²) in [4.78, 5) is 58.2. The minimum absolute atomic E-state index is 0.00962. The number of carboxylic acids is 1. The lowest BCUT2D eigenvalue weighted by atomic mass is 10.2. The number of thiophene rings is 1. The third kappa shape index (κ3) is 8.33. The number of imide groups is 1. The Hall–Kier alpha value is -4.88. The van der Waals surface area contributed by atoms with Crippen LogP contribution in [0, 0.1) is 12.7 Å². The number of aromatic carboxylic acids is 1. The molecule has 3 heterocycles. The Morgan fingerprint density at radius 2 is 1.85 bits per heavy atom. The number of cyclic esters (lactones) is 1. The molecule has 1 saturated heterocycles. The molecule has 2 aliphatic rings. The Morgan fingerprint density at radius 3 is 2.46 bits per heavy atom. The largest absolute Gasteiger partial charge is 0.489 e. The van der Waals surface area contributed by atoms with Crippen LogP contribution in [0.1, 0.15) is 55.0 Å². The minimum atomic E-state index is -4.37. The van der Waals surface area contributed by atoms with E-state index >= 15 is 0 Å². The number of carbonyl (C=O) groups excluding carboxylic acids is 3. The zero-order chi connectivity index (χ0) is 35.3. The molecule has 0 spiro atoms. The van der Waals surface area contributed by atoms with Crippen LogP contribution >= 0.6 is 22.9 Å². The summed E-state index contributed by atoms with van der Waals surface area (Å²) < 4.78 is 55.7. The van der Waals surface area contributed by atoms with E-state index in [-0.39, 0.29) is 46.1 Å². The zero-order valence-corrected chi connectivity index (χ0v) is 28.1. The van der Waals surface area contributed by atoms with Crippen LogP contribution in [0.3, 0.4) is 0 Å². The number of carboxylic acid groups (broad SMARTS) is 1. The van der Waals surface area contributed by atoms with E-state index < -0.39 is 49.6 Å². The second-order valence-corrected chi connectivity index (χ2v) is 13.2. The SMILES string of the molecule is CC(C)=C1OC(=O)N(c2cc(OC3CCCC3)c(Cl)cc2F)C1=O.COc1nc(C)nc(NC(=O)NS(=O)(=O)c2ccsc2C(=O)O)n1. The van der Waals surface area contributed by atoms with Crippen LogP contribution in [0.5, 0.6) is 11.8 Å². The van der Waals surface area contributed by atoms with Crippen LogP contribution in [0.4, 0.5) is 25.6 Å². The van der Waals surface area contributed by atoms with Crippen LogP contribution in [-0.2, 0) is 19.6 Å². The van der Waals surface area contributed by atoms with Crippen molar-refractivity contribution >= 4 is 68.6 Å². The number of aryl methyl sites for hydroxylation is 1. The number of ether oxygens (including phenoxy) is 3. The number of methoxy groups -OCH3 is 1. The number of hydrogen-bond donors (Lipinski definition) is 3. The molecule has 48 heavy (non-hydrogen) atoms. The Balaban J connectivity index is 0.000000217. The highest BCUT2D eigenvalue weighted by Gasteiger charge is 2.40. The molecule has 0 radical (unpaired) electrons. The first-order valence-corrected chi connectivity index (χ1v) is 16.7. The van der Waals surface area contributed by atoms with Gasteiger partial charge in [0.05, 0.1) is 23.9 Å². The summed E-state index contributed by atoms with van der Waals surface area (Å²) in [5.74, 6) is -2.73. The van der Waals surface area contributed by atoms with Gasteiger partial charge in [0, 0.05) is 6.07 Å². The molecule has 1 aromatic carbocycles. The van der Waals surface area contributed by atoms with Gasteiger partial charge in [0.2, 0.25) is 5.95 Å². The van der Waals surface area contributed by atoms with E-state index in [4.69, 9.17) is 30.9 Å². The number of halogens is 2. The molecular formula is C28H28ClFN6O10S2. The summed E-state index contributed by atoms with van der Waals surface area (Å²) in [6.07, 6.45) is 3.00. The van der Waals surface area contributed by atoms with E-state index in [9.17, 15) is 32.0 Å². The van der Waals surface area contributed by atoms with Gasteiger partial charge in [-0.1, -0.05) is 11.6 Å². The summed E-state index contributed by atoms with van der Waals surface area (Å²) in [6.45, 7) is 4.79. The molecule has 1 aliphatic carbocycles. The molecular weight excluding hydrogens is 699 g/mol. The second kappa shape index (κ2) is 14.9. The van der Waals surface area contributed by atoms with Gasteiger partial charge in [-0.2, -0.15) is 15.0 Å². The average Bonchev–Trinajstić information content (AvgIpc) is 3.76. The topological polar surface area (TPSA) is 216 Å². The van der Waals surface area contributed by atoms with Gasteiger partial charge < -0.3 is 19.3 Å². The highest BCUT2D eigenvalue weighted by Crippen LogP contribution is 2.37. The van der Waals surface area contributed by atoms with Gasteiger partial charge in [-0.25, -0.2) is 36.8 Å². The molecule has 3 N–H and O–H groups in total. The number of nitrogens with zero attached hydrogens (tertiary/aromatic N) is 4. The first kappa shape index (κ1) is 36.0. The Labute approximate surface area is 281 Å². The number of nitrogens with one attached hydrogen (secondary N) is 2. The van der Waals surface area contributed by atoms with Gasteiger partial charge in [0.15, 0.2) is 5.76 Å². The van der Waals surface area contributed by atoms with Crippen LogP contribution in [-0.4, -0.2) is 65.7 Å². The number of sulfonamides is 1. The molecule has 16 nitrogen and oxygen atoms in total. The van der Waals surface area contributed by atoms with E-state index in [1.54, 1.807) is 18.6 Å². The van der Waals surface area contributed by atoms with Gasteiger partial charge in [-0.15, -0.1) is 11.3 Å². The van der Waals surface area contributed by atoms with Gasteiger partial charge >= 0.3 is 30.0 Å². The molecule has 4 amide bonds. The van der Waals surface area contributed by atoms with Crippen molar-refractivity contribution in [3.05, 3.63) is 56.5 Å². The molecule has 2 fully saturated rings. The van der Waals surface area contributed by atoms with Gasteiger partial charge in [-0.3, -0.25) is 10.1 Å². The maximum atomic E-state index is 14.3. The van der Waals surface area contributed by atoms with Gasteiger partial charge in [0.25, 0.3) is 10.0 Å². The van der Waals surface area contributed by atoms with E-state index in [1.165, 1.54) is 25.5 Å². The molecule has 1 saturated carbocycles. The predicted molar refractivity (Wildman–Crippen MR) is 168 cm³/mol. The maximum Gasteiger partial charge on any atom is 0.427 e. The van der Waals surface area contributed by atoms with Crippen LogP contribution in [0.25, 0.3) is 0 Å². The lowest BCUT2D eigenvalue weighted by molar-refractivity contribution is -0.114. The van der Waals surface area contributed by atoms with E-state index in [0.717, 1.165) is 49.2 Å². The van der Waals surface area contributed by atoms with Crippen LogP contribution in [0.15, 0.2) is 39.8 Å². The van der Waals surface area contributed by atoms with Crippen molar-refractivity contribution in [2.75, 3.05) is 17.3 Å². The highest BCUT2D eigenvalue weighted by atomic mass is 35.5. The number of urea groups is 1. The molecule has 256 valence electrons. The smallest absolute Gasteiger partial charge is 0.427 e. The van der Waals surface area contributed by atoms with Crippen molar-refractivity contribution in [2.45, 2.75) is 57.5 Å². The molecule has 0 atom stereocenters. The normalized spacial score (nSPS) is 14.6. The number of hydrogen-bond acceptors (Lipinski definition) is 13. The number of anilines is 2. The lowest BCUT2D eigenvalue weighted by Crippen LogP contribution is -2.35.